The van der Waals surface area contributed by atoms with Crippen molar-refractivity contribution in [3.8, 4) is 5.69 Å². The van der Waals surface area contributed by atoms with Gasteiger partial charge < -0.3 is 4.74 Å². The van der Waals surface area contributed by atoms with Crippen molar-refractivity contribution in [1.82, 2.24) is 9.78 Å². The molecule has 0 aliphatic heterocycles. The summed E-state index contributed by atoms with van der Waals surface area (Å²) in [6, 6.07) is 9.47. The topological polar surface area (TPSA) is 47.0 Å². The molecule has 17 heavy (non-hydrogen) atoms. The summed E-state index contributed by atoms with van der Waals surface area (Å²) in [6.07, 6.45) is 0. The number of benzene rings is 1. The summed E-state index contributed by atoms with van der Waals surface area (Å²) in [7, 11) is 1.58. The lowest BCUT2D eigenvalue weighted by Gasteiger charge is -1.99. The molecule has 2 rings (SSSR count). The minimum absolute atomic E-state index is 0.0625. The van der Waals surface area contributed by atoms with E-state index < -0.39 is 0 Å². The third kappa shape index (κ3) is 2.35. The van der Waals surface area contributed by atoms with Gasteiger partial charge in [0.2, 0.25) is 0 Å². The molecule has 0 saturated carbocycles. The van der Waals surface area contributed by atoms with Gasteiger partial charge >= 0.3 is 0 Å². The number of para-hydroxylation sites is 1. The zero-order chi connectivity index (χ0) is 12.3. The molecule has 1 heterocycles. The molecule has 0 saturated heterocycles. The second-order valence-electron chi connectivity index (χ2n) is 3.61. The Morgan fingerprint density at radius 1 is 1.35 bits per heavy atom. The molecule has 0 amide bonds. The molecule has 0 radical (unpaired) electrons. The first-order valence-electron chi connectivity index (χ1n) is 5.21. The largest absolute Gasteiger partial charge is 0.380 e. The first kappa shape index (κ1) is 12.1. The molecule has 1 N–H and O–H groups in total. The maximum atomic E-state index is 12.2. The Bertz CT molecular complexity index is 545. The third-order valence-corrected chi connectivity index (χ3v) is 3.07. The number of rotatable bonds is 4. The van der Waals surface area contributed by atoms with Gasteiger partial charge in [0.15, 0.2) is 0 Å². The Labute approximate surface area is 107 Å². The molecule has 0 unspecified atom stereocenters. The van der Waals surface area contributed by atoms with E-state index in [1.54, 1.807) is 7.11 Å². The molecule has 0 spiro atoms. The number of halogens is 1. The van der Waals surface area contributed by atoms with Crippen LogP contribution in [0.4, 0.5) is 0 Å². The van der Waals surface area contributed by atoms with Crippen molar-refractivity contribution in [1.29, 1.82) is 0 Å². The van der Waals surface area contributed by atoms with Crippen molar-refractivity contribution in [2.24, 2.45) is 0 Å². The first-order valence-corrected chi connectivity index (χ1v) is 6.33. The van der Waals surface area contributed by atoms with E-state index >= 15 is 0 Å². The SMILES string of the molecule is COCc1c(CBr)[nH]n(-c2ccccc2)c1=O. The highest BCUT2D eigenvalue weighted by Crippen LogP contribution is 2.11. The Morgan fingerprint density at radius 3 is 2.65 bits per heavy atom. The van der Waals surface area contributed by atoms with E-state index in [1.807, 2.05) is 30.3 Å². The van der Waals surface area contributed by atoms with Crippen LogP contribution in [0.3, 0.4) is 0 Å². The zero-order valence-electron chi connectivity index (χ0n) is 9.44. The van der Waals surface area contributed by atoms with Gasteiger partial charge in [0.25, 0.3) is 5.56 Å². The van der Waals surface area contributed by atoms with Crippen LogP contribution in [0.15, 0.2) is 35.1 Å². The van der Waals surface area contributed by atoms with Crippen LogP contribution in [0.2, 0.25) is 0 Å². The van der Waals surface area contributed by atoms with Crippen molar-refractivity contribution in [3.05, 3.63) is 51.9 Å². The monoisotopic (exact) mass is 296 g/mol. The zero-order valence-corrected chi connectivity index (χ0v) is 11.0. The Balaban J connectivity index is 2.53. The second kappa shape index (κ2) is 5.33. The normalized spacial score (nSPS) is 10.7. The van der Waals surface area contributed by atoms with Crippen LogP contribution >= 0.6 is 15.9 Å². The summed E-state index contributed by atoms with van der Waals surface area (Å²) < 4.78 is 6.58. The Kier molecular flexibility index (Phi) is 3.81. The molecule has 0 atom stereocenters. The number of methoxy groups -OCH3 is 1. The molecule has 0 aliphatic rings. The van der Waals surface area contributed by atoms with Crippen LogP contribution in [0, 0.1) is 0 Å². The predicted octanol–water partition coefficient (Wildman–Crippen LogP) is 2.21. The summed E-state index contributed by atoms with van der Waals surface area (Å²) in [5, 5.41) is 3.68. The average Bonchev–Trinajstić information content (AvgIpc) is 2.69. The van der Waals surface area contributed by atoms with Gasteiger partial charge in [-0.15, -0.1) is 0 Å². The van der Waals surface area contributed by atoms with Crippen LogP contribution in [0.25, 0.3) is 5.69 Å². The van der Waals surface area contributed by atoms with E-state index in [4.69, 9.17) is 4.74 Å². The van der Waals surface area contributed by atoms with Crippen LogP contribution in [-0.4, -0.2) is 16.9 Å². The fraction of sp³-hybridized carbons (Fsp3) is 0.250. The van der Waals surface area contributed by atoms with E-state index in [9.17, 15) is 4.79 Å². The highest BCUT2D eigenvalue weighted by atomic mass is 79.9. The number of aromatic nitrogens is 2. The molecule has 1 aromatic heterocycles. The summed E-state index contributed by atoms with van der Waals surface area (Å²) >= 11 is 3.36. The Hall–Kier alpha value is -1.33. The number of ether oxygens (including phenoxy) is 1. The smallest absolute Gasteiger partial charge is 0.277 e. The van der Waals surface area contributed by atoms with Crippen LogP contribution < -0.4 is 5.56 Å². The van der Waals surface area contributed by atoms with E-state index in [0.29, 0.717) is 17.5 Å². The molecule has 0 aliphatic carbocycles. The summed E-state index contributed by atoms with van der Waals surface area (Å²) in [4.78, 5) is 12.2. The van der Waals surface area contributed by atoms with Crippen LogP contribution in [-0.2, 0) is 16.7 Å². The number of nitrogens with one attached hydrogen (secondary N) is 1. The number of aromatic amines is 1. The third-order valence-electron chi connectivity index (χ3n) is 2.51. The molecule has 1 aromatic carbocycles. The molecule has 4 nitrogen and oxygen atoms in total. The van der Waals surface area contributed by atoms with Gasteiger partial charge in [-0.3, -0.25) is 9.89 Å². The highest BCUT2D eigenvalue weighted by molar-refractivity contribution is 9.08. The van der Waals surface area contributed by atoms with Crippen molar-refractivity contribution in [2.75, 3.05) is 7.11 Å². The Morgan fingerprint density at radius 2 is 2.06 bits per heavy atom. The molecule has 0 bridgehead atoms. The number of alkyl halides is 1. The fourth-order valence-electron chi connectivity index (χ4n) is 1.68. The van der Waals surface area contributed by atoms with Crippen LogP contribution in [0.5, 0.6) is 0 Å². The van der Waals surface area contributed by atoms with E-state index in [0.717, 1.165) is 11.4 Å². The van der Waals surface area contributed by atoms with Crippen molar-refractivity contribution in [2.45, 2.75) is 11.9 Å². The first-order chi connectivity index (χ1) is 8.27. The van der Waals surface area contributed by atoms with Crippen molar-refractivity contribution >= 4 is 15.9 Å². The minimum Gasteiger partial charge on any atom is -0.380 e. The lowest BCUT2D eigenvalue weighted by atomic mass is 10.3. The summed E-state index contributed by atoms with van der Waals surface area (Å²) in [6.45, 7) is 0.316. The molecule has 90 valence electrons. The summed E-state index contributed by atoms with van der Waals surface area (Å²) in [5.74, 6) is 0. The maximum Gasteiger partial charge on any atom is 0.277 e. The quantitative estimate of drug-likeness (QED) is 0.880. The minimum atomic E-state index is -0.0625. The van der Waals surface area contributed by atoms with Gasteiger partial charge in [0.1, 0.15) is 0 Å². The van der Waals surface area contributed by atoms with Gasteiger partial charge in [0.05, 0.1) is 23.6 Å². The highest BCUT2D eigenvalue weighted by Gasteiger charge is 2.13. The standard InChI is InChI=1S/C12H13BrN2O2/c1-17-8-10-11(7-13)14-15(12(10)16)9-5-3-2-4-6-9/h2-6,14H,7-8H2,1H3. The molecule has 2 aromatic rings. The lowest BCUT2D eigenvalue weighted by Crippen LogP contribution is -2.17. The van der Waals surface area contributed by atoms with Gasteiger partial charge in [0, 0.05) is 12.4 Å². The van der Waals surface area contributed by atoms with E-state index in [1.165, 1.54) is 4.68 Å². The number of hydrogen-bond acceptors (Lipinski definition) is 2. The second-order valence-corrected chi connectivity index (χ2v) is 4.17. The van der Waals surface area contributed by atoms with E-state index in [2.05, 4.69) is 21.0 Å². The predicted molar refractivity (Wildman–Crippen MR) is 69.7 cm³/mol. The van der Waals surface area contributed by atoms with Crippen molar-refractivity contribution < 1.29 is 4.74 Å². The van der Waals surface area contributed by atoms with Gasteiger partial charge in [-0.25, -0.2) is 4.68 Å². The summed E-state index contributed by atoms with van der Waals surface area (Å²) in [5.41, 5.74) is 2.27. The molecular formula is C12H13BrN2O2. The lowest BCUT2D eigenvalue weighted by molar-refractivity contribution is 0.183. The van der Waals surface area contributed by atoms with Gasteiger partial charge in [-0.2, -0.15) is 0 Å². The van der Waals surface area contributed by atoms with Gasteiger partial charge in [-0.05, 0) is 12.1 Å². The van der Waals surface area contributed by atoms with Crippen molar-refractivity contribution in [3.63, 3.8) is 0 Å². The van der Waals surface area contributed by atoms with E-state index in [-0.39, 0.29) is 5.56 Å². The fourth-order valence-corrected chi connectivity index (χ4v) is 2.14. The molecule has 0 fully saturated rings. The molecule has 5 heteroatoms. The molecular weight excluding hydrogens is 284 g/mol. The average molecular weight is 297 g/mol. The number of nitrogens with zero attached hydrogens (tertiary/aromatic N) is 1. The van der Waals surface area contributed by atoms with Crippen LogP contribution in [0.1, 0.15) is 11.3 Å². The number of hydrogen-bond donors (Lipinski definition) is 1. The number of H-pyrrole nitrogens is 1. The maximum absolute atomic E-state index is 12.2. The van der Waals surface area contributed by atoms with Gasteiger partial charge in [-0.1, -0.05) is 34.1 Å².